The van der Waals surface area contributed by atoms with Crippen LogP contribution in [0.3, 0.4) is 0 Å². The van der Waals surface area contributed by atoms with E-state index in [2.05, 4.69) is 27.8 Å². The Morgan fingerprint density at radius 1 is 1.04 bits per heavy atom. The van der Waals surface area contributed by atoms with Gasteiger partial charge in [0.1, 0.15) is 0 Å². The summed E-state index contributed by atoms with van der Waals surface area (Å²) in [7, 11) is 0. The fourth-order valence-corrected chi connectivity index (χ4v) is 4.00. The van der Waals surface area contributed by atoms with E-state index in [0.717, 1.165) is 43.5 Å². The summed E-state index contributed by atoms with van der Waals surface area (Å²) in [4.78, 5) is 17.0. The molecule has 1 saturated carbocycles. The molecule has 2 heterocycles. The number of nitrogens with zero attached hydrogens (tertiary/aromatic N) is 1. The summed E-state index contributed by atoms with van der Waals surface area (Å²) >= 11 is 0. The number of amides is 1. The summed E-state index contributed by atoms with van der Waals surface area (Å²) in [5.41, 5.74) is 2.44. The first kappa shape index (κ1) is 20.7. The minimum atomic E-state index is -0.110. The van der Waals surface area contributed by atoms with Crippen molar-refractivity contribution in [2.45, 2.75) is 25.3 Å². The molecule has 2 unspecified atom stereocenters. The number of carbonyl (C=O) groups excluding carboxylic acids is 1. The summed E-state index contributed by atoms with van der Waals surface area (Å²) in [6.07, 6.45) is 6.84. The highest BCUT2D eigenvalue weighted by atomic mass is 35.5. The molecule has 1 aromatic carbocycles. The Labute approximate surface area is 167 Å². The number of hydrogen-bond acceptors (Lipinski definition) is 3. The van der Waals surface area contributed by atoms with Crippen molar-refractivity contribution in [2.24, 2.45) is 11.3 Å². The van der Waals surface area contributed by atoms with E-state index < -0.39 is 0 Å². The van der Waals surface area contributed by atoms with E-state index in [9.17, 15) is 4.79 Å². The second-order valence-electron chi connectivity index (χ2n) is 7.00. The lowest BCUT2D eigenvalue weighted by Crippen LogP contribution is -2.35. The van der Waals surface area contributed by atoms with Crippen LogP contribution in [0.25, 0.3) is 0 Å². The van der Waals surface area contributed by atoms with Crippen molar-refractivity contribution in [2.75, 3.05) is 13.1 Å². The molecule has 0 bridgehead atoms. The number of pyridine rings is 1. The largest absolute Gasteiger partial charge is 0.345 e. The molecule has 26 heavy (non-hydrogen) atoms. The zero-order valence-electron chi connectivity index (χ0n) is 14.6. The molecule has 1 saturated heterocycles. The normalized spacial score (nSPS) is 21.0. The molecule has 2 atom stereocenters. The first-order chi connectivity index (χ1) is 11.8. The van der Waals surface area contributed by atoms with Crippen LogP contribution in [0.1, 0.15) is 36.4 Å². The van der Waals surface area contributed by atoms with E-state index in [4.69, 9.17) is 0 Å². The fraction of sp³-hybridized carbons (Fsp3) is 0.400. The maximum absolute atomic E-state index is 12.9. The lowest BCUT2D eigenvalue weighted by atomic mass is 9.91. The molecule has 2 aromatic rings. The van der Waals surface area contributed by atoms with Gasteiger partial charge in [0.05, 0.1) is 6.04 Å². The molecule has 1 aliphatic heterocycles. The van der Waals surface area contributed by atoms with Gasteiger partial charge in [0.15, 0.2) is 0 Å². The molecule has 1 spiro atoms. The lowest BCUT2D eigenvalue weighted by molar-refractivity contribution is -0.123. The van der Waals surface area contributed by atoms with Crippen molar-refractivity contribution in [3.8, 4) is 0 Å². The first-order valence-electron chi connectivity index (χ1n) is 8.74. The van der Waals surface area contributed by atoms with Gasteiger partial charge in [-0.05, 0) is 61.0 Å². The molecular weight excluding hydrogens is 369 g/mol. The van der Waals surface area contributed by atoms with E-state index in [1.54, 1.807) is 12.4 Å². The van der Waals surface area contributed by atoms with Crippen LogP contribution in [-0.2, 0) is 4.79 Å². The molecule has 140 valence electrons. The van der Waals surface area contributed by atoms with Gasteiger partial charge in [-0.3, -0.25) is 9.78 Å². The average Bonchev–Trinajstić information content (AvgIpc) is 3.34. The van der Waals surface area contributed by atoms with Crippen LogP contribution in [0.5, 0.6) is 0 Å². The lowest BCUT2D eigenvalue weighted by Gasteiger charge is -2.24. The predicted octanol–water partition coefficient (Wildman–Crippen LogP) is 3.52. The van der Waals surface area contributed by atoms with Gasteiger partial charge in [0.25, 0.3) is 0 Å². The summed E-state index contributed by atoms with van der Waals surface area (Å²) in [6.45, 7) is 2.08. The Bertz CT molecular complexity index is 666. The van der Waals surface area contributed by atoms with E-state index in [1.165, 1.54) is 0 Å². The van der Waals surface area contributed by atoms with Crippen LogP contribution < -0.4 is 10.6 Å². The quantitative estimate of drug-likeness (QED) is 0.835. The number of piperidine rings is 1. The molecule has 1 amide bonds. The Kier molecular flexibility index (Phi) is 7.04. The van der Waals surface area contributed by atoms with Crippen molar-refractivity contribution in [3.63, 3.8) is 0 Å². The second kappa shape index (κ2) is 8.85. The summed E-state index contributed by atoms with van der Waals surface area (Å²) in [5, 5.41) is 6.69. The van der Waals surface area contributed by atoms with Crippen molar-refractivity contribution < 1.29 is 4.79 Å². The number of carbonyl (C=O) groups is 1. The Morgan fingerprint density at radius 3 is 2.31 bits per heavy atom. The molecule has 0 radical (unpaired) electrons. The zero-order chi connectivity index (χ0) is 16.4. The first-order valence-corrected chi connectivity index (χ1v) is 8.74. The van der Waals surface area contributed by atoms with Gasteiger partial charge < -0.3 is 10.6 Å². The van der Waals surface area contributed by atoms with E-state index in [1.807, 2.05) is 30.3 Å². The van der Waals surface area contributed by atoms with Crippen LogP contribution in [0.4, 0.5) is 0 Å². The number of aromatic nitrogens is 1. The van der Waals surface area contributed by atoms with E-state index in [0.29, 0.717) is 0 Å². The van der Waals surface area contributed by atoms with Crippen LogP contribution in [-0.4, -0.2) is 24.0 Å². The molecule has 2 N–H and O–H groups in total. The van der Waals surface area contributed by atoms with Crippen molar-refractivity contribution in [1.29, 1.82) is 0 Å². The maximum atomic E-state index is 12.9. The van der Waals surface area contributed by atoms with Gasteiger partial charge in [-0.15, -0.1) is 24.8 Å². The Hall–Kier alpha value is -1.62. The van der Waals surface area contributed by atoms with Gasteiger partial charge in [-0.1, -0.05) is 30.3 Å². The highest BCUT2D eigenvalue weighted by Gasteiger charge is 2.57. The van der Waals surface area contributed by atoms with Crippen LogP contribution in [0.15, 0.2) is 54.9 Å². The molecule has 4 rings (SSSR count). The molecule has 2 aliphatic rings. The zero-order valence-corrected chi connectivity index (χ0v) is 16.2. The smallest absolute Gasteiger partial charge is 0.224 e. The highest BCUT2D eigenvalue weighted by molar-refractivity contribution is 5.85. The fourth-order valence-electron chi connectivity index (χ4n) is 4.00. The van der Waals surface area contributed by atoms with Crippen LogP contribution in [0, 0.1) is 11.3 Å². The SMILES string of the molecule is Cl.Cl.O=C(NC(c1ccccc1)c1ccncc1)C1CC12CCNCC2. The molecule has 4 nitrogen and oxygen atoms in total. The average molecular weight is 394 g/mol. The third-order valence-electron chi connectivity index (χ3n) is 5.56. The van der Waals surface area contributed by atoms with Crippen LogP contribution in [0.2, 0.25) is 0 Å². The van der Waals surface area contributed by atoms with Crippen molar-refractivity contribution >= 4 is 30.7 Å². The number of rotatable bonds is 4. The minimum Gasteiger partial charge on any atom is -0.345 e. The third-order valence-corrected chi connectivity index (χ3v) is 5.56. The number of halogens is 2. The molecule has 1 aliphatic carbocycles. The number of benzene rings is 1. The van der Waals surface area contributed by atoms with Gasteiger partial charge in [0, 0.05) is 18.3 Å². The Morgan fingerprint density at radius 2 is 1.65 bits per heavy atom. The Balaban J connectivity index is 0.00000121. The van der Waals surface area contributed by atoms with Gasteiger partial charge >= 0.3 is 0 Å². The van der Waals surface area contributed by atoms with Crippen molar-refractivity contribution in [3.05, 3.63) is 66.0 Å². The topological polar surface area (TPSA) is 54.0 Å². The van der Waals surface area contributed by atoms with Crippen molar-refractivity contribution in [1.82, 2.24) is 15.6 Å². The summed E-state index contributed by atoms with van der Waals surface area (Å²) < 4.78 is 0. The molecular formula is C20H25Cl2N3O. The van der Waals surface area contributed by atoms with Gasteiger partial charge in [-0.25, -0.2) is 0 Å². The van der Waals surface area contributed by atoms with E-state index in [-0.39, 0.29) is 48.1 Å². The second-order valence-corrected chi connectivity index (χ2v) is 7.00. The minimum absolute atomic E-state index is 0. The third kappa shape index (κ3) is 4.20. The van der Waals surface area contributed by atoms with Crippen LogP contribution >= 0.6 is 24.8 Å². The number of nitrogens with one attached hydrogen (secondary N) is 2. The van der Waals surface area contributed by atoms with Gasteiger partial charge in [0.2, 0.25) is 5.91 Å². The molecule has 1 aromatic heterocycles. The maximum Gasteiger partial charge on any atom is 0.224 e. The number of hydrogen-bond donors (Lipinski definition) is 2. The monoisotopic (exact) mass is 393 g/mol. The molecule has 2 fully saturated rings. The summed E-state index contributed by atoms with van der Waals surface area (Å²) in [6, 6.07) is 14.0. The standard InChI is InChI=1S/C20H23N3O.2ClH/c24-19(17-14-20(17)8-12-22-13-9-20)23-18(15-4-2-1-3-5-15)16-6-10-21-11-7-16;;/h1-7,10-11,17-18,22H,8-9,12-14H2,(H,23,24);2*1H. The van der Waals surface area contributed by atoms with Gasteiger partial charge in [-0.2, -0.15) is 0 Å². The predicted molar refractivity (Wildman–Crippen MR) is 108 cm³/mol. The highest BCUT2D eigenvalue weighted by Crippen LogP contribution is 2.58. The summed E-state index contributed by atoms with van der Waals surface area (Å²) in [5.74, 6) is 0.371. The van der Waals surface area contributed by atoms with E-state index >= 15 is 0 Å². The molecule has 6 heteroatoms.